The standard InChI is InChI=1S/C16H10FNO4/c17-12-7-3-4-8-13(12)22-14(19)9-18-15(20)10-5-1-2-6-11(10)16(18)21/h1-8H,9H2. The van der Waals surface area contributed by atoms with Crippen LogP contribution in [0.15, 0.2) is 48.5 Å². The van der Waals surface area contributed by atoms with Crippen LogP contribution >= 0.6 is 0 Å². The number of amides is 2. The molecule has 1 aliphatic rings. The van der Waals surface area contributed by atoms with Crippen molar-refractivity contribution in [3.63, 3.8) is 0 Å². The van der Waals surface area contributed by atoms with Gasteiger partial charge in [0.2, 0.25) is 0 Å². The van der Waals surface area contributed by atoms with E-state index in [2.05, 4.69) is 0 Å². The molecule has 1 aliphatic heterocycles. The van der Waals surface area contributed by atoms with Gasteiger partial charge < -0.3 is 4.74 Å². The molecule has 1 heterocycles. The smallest absolute Gasteiger partial charge is 0.331 e. The number of carbonyl (C=O) groups excluding carboxylic acids is 3. The van der Waals surface area contributed by atoms with Crippen molar-refractivity contribution in [1.82, 2.24) is 4.90 Å². The van der Waals surface area contributed by atoms with Gasteiger partial charge in [0.1, 0.15) is 6.54 Å². The maximum Gasteiger partial charge on any atom is 0.331 e. The first kappa shape index (κ1) is 13.9. The average molecular weight is 299 g/mol. The van der Waals surface area contributed by atoms with Crippen LogP contribution in [0.2, 0.25) is 0 Å². The summed E-state index contributed by atoms with van der Waals surface area (Å²) in [7, 11) is 0. The molecule has 0 unspecified atom stereocenters. The largest absolute Gasteiger partial charge is 0.422 e. The van der Waals surface area contributed by atoms with Crippen LogP contribution in [0, 0.1) is 5.82 Å². The molecular weight excluding hydrogens is 289 g/mol. The van der Waals surface area contributed by atoms with Crippen molar-refractivity contribution in [2.75, 3.05) is 6.54 Å². The Morgan fingerprint density at radius 3 is 2.09 bits per heavy atom. The Balaban J connectivity index is 1.75. The average Bonchev–Trinajstić information content (AvgIpc) is 2.75. The highest BCUT2D eigenvalue weighted by Gasteiger charge is 2.36. The molecule has 0 N–H and O–H groups in total. The summed E-state index contributed by atoms with van der Waals surface area (Å²) in [5.41, 5.74) is 0.484. The van der Waals surface area contributed by atoms with E-state index in [4.69, 9.17) is 4.74 Å². The minimum absolute atomic E-state index is 0.242. The van der Waals surface area contributed by atoms with Gasteiger partial charge in [0.05, 0.1) is 11.1 Å². The van der Waals surface area contributed by atoms with Crippen LogP contribution < -0.4 is 4.74 Å². The minimum atomic E-state index is -0.889. The van der Waals surface area contributed by atoms with Gasteiger partial charge in [-0.15, -0.1) is 0 Å². The van der Waals surface area contributed by atoms with Gasteiger partial charge in [-0.3, -0.25) is 14.5 Å². The van der Waals surface area contributed by atoms with Gasteiger partial charge in [0.25, 0.3) is 11.8 Å². The highest BCUT2D eigenvalue weighted by atomic mass is 19.1. The second-order valence-electron chi connectivity index (χ2n) is 4.65. The number of imide groups is 1. The first-order chi connectivity index (χ1) is 10.6. The van der Waals surface area contributed by atoms with Gasteiger partial charge in [-0.2, -0.15) is 0 Å². The number of carbonyl (C=O) groups is 3. The highest BCUT2D eigenvalue weighted by molar-refractivity contribution is 6.22. The van der Waals surface area contributed by atoms with Crippen LogP contribution in [0.3, 0.4) is 0 Å². The van der Waals surface area contributed by atoms with Crippen molar-refractivity contribution >= 4 is 17.8 Å². The van der Waals surface area contributed by atoms with E-state index >= 15 is 0 Å². The molecule has 0 atom stereocenters. The lowest BCUT2D eigenvalue weighted by Crippen LogP contribution is -2.36. The van der Waals surface area contributed by atoms with Crippen LogP contribution in [0.4, 0.5) is 4.39 Å². The van der Waals surface area contributed by atoms with Crippen molar-refractivity contribution < 1.29 is 23.5 Å². The first-order valence-electron chi connectivity index (χ1n) is 6.48. The Morgan fingerprint density at radius 2 is 1.50 bits per heavy atom. The van der Waals surface area contributed by atoms with E-state index < -0.39 is 30.1 Å². The van der Waals surface area contributed by atoms with Crippen molar-refractivity contribution in [2.45, 2.75) is 0 Å². The van der Waals surface area contributed by atoms with Crippen molar-refractivity contribution in [3.05, 3.63) is 65.5 Å². The van der Waals surface area contributed by atoms with E-state index in [1.807, 2.05) is 0 Å². The molecule has 22 heavy (non-hydrogen) atoms. The normalized spacial score (nSPS) is 13.2. The van der Waals surface area contributed by atoms with Gasteiger partial charge in [0, 0.05) is 0 Å². The quantitative estimate of drug-likeness (QED) is 0.494. The van der Waals surface area contributed by atoms with Gasteiger partial charge in [0.15, 0.2) is 11.6 Å². The van der Waals surface area contributed by atoms with Crippen LogP contribution in [-0.2, 0) is 4.79 Å². The second-order valence-corrected chi connectivity index (χ2v) is 4.65. The van der Waals surface area contributed by atoms with Crippen LogP contribution in [0.25, 0.3) is 0 Å². The topological polar surface area (TPSA) is 63.7 Å². The molecule has 0 spiro atoms. The number of halogens is 1. The predicted octanol–water partition coefficient (Wildman–Crippen LogP) is 2.03. The molecule has 3 rings (SSSR count). The van der Waals surface area contributed by atoms with E-state index in [0.717, 1.165) is 11.0 Å². The fourth-order valence-electron chi connectivity index (χ4n) is 2.19. The number of nitrogens with zero attached hydrogens (tertiary/aromatic N) is 1. The Labute approximate surface area is 124 Å². The summed E-state index contributed by atoms with van der Waals surface area (Å²) in [6.45, 7) is -0.569. The van der Waals surface area contributed by atoms with Crippen LogP contribution in [0.1, 0.15) is 20.7 Å². The van der Waals surface area contributed by atoms with E-state index in [9.17, 15) is 18.8 Å². The van der Waals surface area contributed by atoms with Crippen LogP contribution in [0.5, 0.6) is 5.75 Å². The summed E-state index contributed by atoms with van der Waals surface area (Å²) in [5, 5.41) is 0. The number of hydrogen-bond donors (Lipinski definition) is 0. The summed E-state index contributed by atoms with van der Waals surface area (Å²) < 4.78 is 18.2. The molecule has 0 saturated heterocycles. The molecule has 110 valence electrons. The van der Waals surface area contributed by atoms with E-state index in [-0.39, 0.29) is 16.9 Å². The zero-order valence-electron chi connectivity index (χ0n) is 11.3. The Bertz CT molecular complexity index is 752. The van der Waals surface area contributed by atoms with Crippen LogP contribution in [-0.4, -0.2) is 29.2 Å². The lowest BCUT2D eigenvalue weighted by atomic mass is 10.1. The molecule has 0 bridgehead atoms. The highest BCUT2D eigenvalue weighted by Crippen LogP contribution is 2.22. The van der Waals surface area contributed by atoms with Crippen molar-refractivity contribution in [1.29, 1.82) is 0 Å². The molecule has 5 nitrogen and oxygen atoms in total. The maximum atomic E-state index is 13.4. The van der Waals surface area contributed by atoms with Crippen molar-refractivity contribution in [3.8, 4) is 5.75 Å². The molecule has 2 aromatic rings. The van der Waals surface area contributed by atoms with Crippen molar-refractivity contribution in [2.24, 2.45) is 0 Å². The van der Waals surface area contributed by atoms with E-state index in [1.165, 1.54) is 30.3 Å². The Morgan fingerprint density at radius 1 is 0.955 bits per heavy atom. The summed E-state index contributed by atoms with van der Waals surface area (Å²) in [4.78, 5) is 36.8. The number of para-hydroxylation sites is 1. The fraction of sp³-hybridized carbons (Fsp3) is 0.0625. The monoisotopic (exact) mass is 299 g/mol. The SMILES string of the molecule is O=C(CN1C(=O)c2ccccc2C1=O)Oc1ccccc1F. The summed E-state index contributed by atoms with van der Waals surface area (Å²) >= 11 is 0. The molecule has 0 aromatic heterocycles. The Hall–Kier alpha value is -3.02. The molecular formula is C16H10FNO4. The van der Waals surface area contributed by atoms with E-state index in [0.29, 0.717) is 0 Å². The third-order valence-corrected chi connectivity index (χ3v) is 3.23. The zero-order chi connectivity index (χ0) is 15.7. The lowest BCUT2D eigenvalue weighted by molar-refractivity contribution is -0.134. The minimum Gasteiger partial charge on any atom is -0.422 e. The molecule has 0 fully saturated rings. The lowest BCUT2D eigenvalue weighted by Gasteiger charge is -2.13. The van der Waals surface area contributed by atoms with E-state index in [1.54, 1.807) is 12.1 Å². The molecule has 0 aliphatic carbocycles. The summed E-state index contributed by atoms with van der Waals surface area (Å²) in [5.74, 6) is -2.96. The van der Waals surface area contributed by atoms with Gasteiger partial charge in [-0.25, -0.2) is 9.18 Å². The number of benzene rings is 2. The molecule has 2 aromatic carbocycles. The molecule has 6 heteroatoms. The van der Waals surface area contributed by atoms with Gasteiger partial charge >= 0.3 is 5.97 Å². The molecule has 0 radical (unpaired) electrons. The molecule has 0 saturated carbocycles. The Kier molecular flexibility index (Phi) is 3.42. The zero-order valence-corrected chi connectivity index (χ0v) is 11.3. The second kappa shape index (κ2) is 5.40. The fourth-order valence-corrected chi connectivity index (χ4v) is 2.19. The van der Waals surface area contributed by atoms with Gasteiger partial charge in [-0.05, 0) is 24.3 Å². The number of esters is 1. The third kappa shape index (κ3) is 2.35. The number of fused-ring (bicyclic) bond motifs is 1. The molecule has 2 amide bonds. The first-order valence-corrected chi connectivity index (χ1v) is 6.48. The number of hydrogen-bond acceptors (Lipinski definition) is 4. The predicted molar refractivity (Wildman–Crippen MR) is 73.8 cm³/mol. The number of ether oxygens (including phenoxy) is 1. The summed E-state index contributed by atoms with van der Waals surface area (Å²) in [6.07, 6.45) is 0. The van der Waals surface area contributed by atoms with Gasteiger partial charge in [-0.1, -0.05) is 24.3 Å². The number of rotatable bonds is 3. The third-order valence-electron chi connectivity index (χ3n) is 3.23. The maximum absolute atomic E-state index is 13.4. The summed E-state index contributed by atoms with van der Waals surface area (Å²) in [6, 6.07) is 11.7.